The molecule has 3 aromatic rings. The zero-order valence-corrected chi connectivity index (χ0v) is 14.6. The van der Waals surface area contributed by atoms with Crippen molar-refractivity contribution in [3.05, 3.63) is 47.2 Å². The first-order valence-electron chi connectivity index (χ1n) is 7.65. The Kier molecular flexibility index (Phi) is 5.14. The highest BCUT2D eigenvalue weighted by Gasteiger charge is 2.20. The van der Waals surface area contributed by atoms with E-state index in [1.807, 2.05) is 17.5 Å². The normalized spacial score (nSPS) is 10.7. The molecule has 0 amide bonds. The van der Waals surface area contributed by atoms with Crippen LogP contribution in [0.15, 0.2) is 40.1 Å². The van der Waals surface area contributed by atoms with Crippen molar-refractivity contribution < 1.29 is 23.1 Å². The van der Waals surface area contributed by atoms with E-state index in [9.17, 15) is 9.18 Å². The molecule has 0 bridgehead atoms. The van der Waals surface area contributed by atoms with Gasteiger partial charge in [0.2, 0.25) is 5.89 Å². The summed E-state index contributed by atoms with van der Waals surface area (Å²) in [6.45, 7) is 2.04. The highest BCUT2D eigenvalue weighted by molar-refractivity contribution is 7.13. The first-order chi connectivity index (χ1) is 12.1. The average molecular weight is 361 g/mol. The van der Waals surface area contributed by atoms with Gasteiger partial charge >= 0.3 is 5.97 Å². The van der Waals surface area contributed by atoms with Crippen molar-refractivity contribution in [2.45, 2.75) is 13.3 Å². The summed E-state index contributed by atoms with van der Waals surface area (Å²) in [5.74, 6) is -0.0250. The van der Waals surface area contributed by atoms with Crippen molar-refractivity contribution in [3.63, 3.8) is 0 Å². The van der Waals surface area contributed by atoms with E-state index in [1.165, 1.54) is 30.6 Å². The van der Waals surface area contributed by atoms with Gasteiger partial charge in [-0.25, -0.2) is 9.37 Å². The number of benzene rings is 1. The molecule has 2 heterocycles. The molecule has 0 fully saturated rings. The molecule has 0 unspecified atom stereocenters. The Morgan fingerprint density at radius 2 is 2.20 bits per heavy atom. The lowest BCUT2D eigenvalue weighted by Gasteiger charge is -2.02. The molecule has 25 heavy (non-hydrogen) atoms. The summed E-state index contributed by atoms with van der Waals surface area (Å²) >= 11 is 1.47. The second-order valence-corrected chi connectivity index (χ2v) is 6.05. The van der Waals surface area contributed by atoms with Crippen LogP contribution in [0.2, 0.25) is 0 Å². The molecule has 7 heteroatoms. The van der Waals surface area contributed by atoms with E-state index >= 15 is 0 Å². The fourth-order valence-corrected chi connectivity index (χ4v) is 3.07. The molecule has 2 aromatic heterocycles. The molecule has 0 atom stereocenters. The van der Waals surface area contributed by atoms with E-state index < -0.39 is 5.82 Å². The van der Waals surface area contributed by atoms with E-state index in [-0.39, 0.29) is 24.0 Å². The quantitative estimate of drug-likeness (QED) is 0.612. The summed E-state index contributed by atoms with van der Waals surface area (Å²) < 4.78 is 29.7. The van der Waals surface area contributed by atoms with Gasteiger partial charge in [0.25, 0.3) is 0 Å². The number of hydrogen-bond acceptors (Lipinski definition) is 6. The summed E-state index contributed by atoms with van der Waals surface area (Å²) in [5.41, 5.74) is 0.929. The van der Waals surface area contributed by atoms with Crippen molar-refractivity contribution in [1.82, 2.24) is 4.98 Å². The van der Waals surface area contributed by atoms with Gasteiger partial charge in [0, 0.05) is 5.56 Å². The minimum absolute atomic E-state index is 0.0107. The Labute approximate surface area is 148 Å². The molecule has 3 rings (SSSR count). The number of carbonyl (C=O) groups excluding carboxylic acids is 1. The van der Waals surface area contributed by atoms with Crippen LogP contribution < -0.4 is 4.74 Å². The van der Waals surface area contributed by atoms with Crippen LogP contribution in [0.1, 0.15) is 12.6 Å². The summed E-state index contributed by atoms with van der Waals surface area (Å²) in [6, 6.07) is 8.20. The van der Waals surface area contributed by atoms with Crippen LogP contribution in [0.5, 0.6) is 5.75 Å². The van der Waals surface area contributed by atoms with Gasteiger partial charge in [0.15, 0.2) is 17.3 Å². The van der Waals surface area contributed by atoms with E-state index in [0.29, 0.717) is 23.6 Å². The second kappa shape index (κ2) is 7.48. The molecule has 0 saturated heterocycles. The molecule has 0 spiro atoms. The Hall–Kier alpha value is -2.67. The molecular formula is C18H16FNO4S. The molecule has 0 aliphatic heterocycles. The number of halogens is 1. The third-order valence-corrected chi connectivity index (χ3v) is 4.33. The summed E-state index contributed by atoms with van der Waals surface area (Å²) in [7, 11) is 1.40. The number of carbonyl (C=O) groups is 1. The number of oxazole rings is 1. The third-order valence-electron chi connectivity index (χ3n) is 3.46. The van der Waals surface area contributed by atoms with Gasteiger partial charge in [-0.2, -0.15) is 0 Å². The van der Waals surface area contributed by atoms with Crippen molar-refractivity contribution in [1.29, 1.82) is 0 Å². The highest BCUT2D eigenvalue weighted by atomic mass is 32.1. The van der Waals surface area contributed by atoms with Crippen molar-refractivity contribution in [3.8, 4) is 27.8 Å². The maximum atomic E-state index is 14.0. The monoisotopic (exact) mass is 361 g/mol. The van der Waals surface area contributed by atoms with Crippen molar-refractivity contribution in [2.24, 2.45) is 0 Å². The topological polar surface area (TPSA) is 61.6 Å². The first kappa shape index (κ1) is 17.2. The lowest BCUT2D eigenvalue weighted by molar-refractivity contribution is -0.142. The lowest BCUT2D eigenvalue weighted by atomic mass is 10.2. The Morgan fingerprint density at radius 1 is 1.36 bits per heavy atom. The van der Waals surface area contributed by atoms with Crippen molar-refractivity contribution in [2.75, 3.05) is 13.7 Å². The minimum atomic E-state index is -0.511. The fraction of sp³-hybridized carbons (Fsp3) is 0.222. The molecule has 0 saturated carbocycles. The minimum Gasteiger partial charge on any atom is -0.494 e. The van der Waals surface area contributed by atoms with Gasteiger partial charge in [-0.3, -0.25) is 4.79 Å². The van der Waals surface area contributed by atoms with E-state index in [1.54, 1.807) is 13.0 Å². The van der Waals surface area contributed by atoms with Crippen LogP contribution in [0, 0.1) is 5.82 Å². The number of methoxy groups -OCH3 is 1. The Balaban J connectivity index is 2.01. The maximum Gasteiger partial charge on any atom is 0.312 e. The molecular weight excluding hydrogens is 345 g/mol. The summed E-state index contributed by atoms with van der Waals surface area (Å²) in [5, 5.41) is 1.90. The number of aromatic nitrogens is 1. The Bertz CT molecular complexity index is 873. The van der Waals surface area contributed by atoms with Crippen LogP contribution in [-0.4, -0.2) is 24.7 Å². The molecule has 5 nitrogen and oxygen atoms in total. The largest absolute Gasteiger partial charge is 0.494 e. The second-order valence-electron chi connectivity index (χ2n) is 5.10. The predicted octanol–water partition coefficient (Wildman–Crippen LogP) is 4.32. The maximum absolute atomic E-state index is 14.0. The summed E-state index contributed by atoms with van der Waals surface area (Å²) in [4.78, 5) is 17.1. The van der Waals surface area contributed by atoms with Crippen LogP contribution in [-0.2, 0) is 16.0 Å². The number of rotatable bonds is 6. The van der Waals surface area contributed by atoms with Gasteiger partial charge in [0.05, 0.1) is 30.7 Å². The highest BCUT2D eigenvalue weighted by Crippen LogP contribution is 2.34. The van der Waals surface area contributed by atoms with Crippen LogP contribution >= 0.6 is 11.3 Å². The number of hydrogen-bond donors (Lipinski definition) is 0. The standard InChI is InChI=1S/C18H16FNO4S/c1-3-23-16(21)10-13-17(15-5-4-8-25-15)24-18(20-13)11-6-7-14(22-2)12(19)9-11/h4-9H,3,10H2,1-2H3. The number of thiophene rings is 1. The van der Waals surface area contributed by atoms with Gasteiger partial charge < -0.3 is 13.9 Å². The van der Waals surface area contributed by atoms with Crippen LogP contribution in [0.4, 0.5) is 4.39 Å². The fourth-order valence-electron chi connectivity index (χ4n) is 2.34. The number of esters is 1. The zero-order valence-electron chi connectivity index (χ0n) is 13.7. The number of nitrogens with zero attached hydrogens (tertiary/aromatic N) is 1. The number of ether oxygens (including phenoxy) is 2. The smallest absolute Gasteiger partial charge is 0.312 e. The molecule has 0 aliphatic carbocycles. The predicted molar refractivity (Wildman–Crippen MR) is 92.1 cm³/mol. The van der Waals surface area contributed by atoms with Crippen LogP contribution in [0.25, 0.3) is 22.1 Å². The van der Waals surface area contributed by atoms with E-state index in [4.69, 9.17) is 13.9 Å². The average Bonchev–Trinajstić information content (AvgIpc) is 3.24. The molecule has 130 valence electrons. The molecule has 0 N–H and O–H groups in total. The molecule has 0 aliphatic rings. The van der Waals surface area contributed by atoms with Gasteiger partial charge in [0.1, 0.15) is 0 Å². The third kappa shape index (κ3) is 3.71. The van der Waals surface area contributed by atoms with E-state index in [0.717, 1.165) is 4.88 Å². The van der Waals surface area contributed by atoms with Gasteiger partial charge in [-0.1, -0.05) is 6.07 Å². The Morgan fingerprint density at radius 3 is 2.84 bits per heavy atom. The summed E-state index contributed by atoms with van der Waals surface area (Å²) in [6.07, 6.45) is -0.0107. The van der Waals surface area contributed by atoms with Crippen molar-refractivity contribution >= 4 is 17.3 Å². The van der Waals surface area contributed by atoms with E-state index in [2.05, 4.69) is 4.98 Å². The van der Waals surface area contributed by atoms with Gasteiger partial charge in [-0.15, -0.1) is 11.3 Å². The zero-order chi connectivity index (χ0) is 17.8. The first-order valence-corrected chi connectivity index (χ1v) is 8.53. The lowest BCUT2D eigenvalue weighted by Crippen LogP contribution is -2.08. The molecule has 1 aromatic carbocycles. The molecule has 0 radical (unpaired) electrons. The van der Waals surface area contributed by atoms with Gasteiger partial charge in [-0.05, 0) is 36.6 Å². The van der Waals surface area contributed by atoms with Crippen LogP contribution in [0.3, 0.4) is 0 Å². The SMILES string of the molecule is CCOC(=O)Cc1nc(-c2ccc(OC)c(F)c2)oc1-c1cccs1.